The Morgan fingerprint density at radius 2 is 2.15 bits per heavy atom. The number of nitrogens with one attached hydrogen (secondary N) is 1. The molecule has 0 atom stereocenters. The highest BCUT2D eigenvalue weighted by atomic mass is 19.1. The molecule has 1 aromatic carbocycles. The molecule has 1 heterocycles. The summed E-state index contributed by atoms with van der Waals surface area (Å²) in [5.41, 5.74) is 0.777. The molecule has 0 saturated carbocycles. The predicted molar refractivity (Wildman–Crippen MR) is 77.7 cm³/mol. The zero-order valence-corrected chi connectivity index (χ0v) is 12.0. The average molecular weight is 275 g/mol. The van der Waals surface area contributed by atoms with Crippen LogP contribution in [0.5, 0.6) is 0 Å². The number of rotatable bonds is 5. The summed E-state index contributed by atoms with van der Waals surface area (Å²) in [6.45, 7) is 6.85. The van der Waals surface area contributed by atoms with Crippen LogP contribution in [0.2, 0.25) is 0 Å². The van der Waals surface area contributed by atoms with E-state index < -0.39 is 0 Å². The third kappa shape index (κ3) is 3.78. The van der Waals surface area contributed by atoms with Crippen molar-refractivity contribution in [1.29, 1.82) is 5.26 Å². The first-order valence-electron chi connectivity index (χ1n) is 7.35. The third-order valence-electron chi connectivity index (χ3n) is 3.98. The number of hydrogen-bond donors (Lipinski definition) is 1. The first kappa shape index (κ1) is 15.0. The fraction of sp³-hybridized carbons (Fsp3) is 0.562. The van der Waals surface area contributed by atoms with Crippen molar-refractivity contribution in [3.05, 3.63) is 35.1 Å². The molecule has 108 valence electrons. The van der Waals surface area contributed by atoms with Gasteiger partial charge < -0.3 is 5.32 Å². The zero-order chi connectivity index (χ0) is 14.4. The standard InChI is InChI=1S/C16H22FN3/c1-2-19-11-13-6-8-20(9-7-13)12-15-5-3-4-14(10-18)16(15)17/h3-5,13,19H,2,6-9,11-12H2,1H3. The van der Waals surface area contributed by atoms with Crippen molar-refractivity contribution in [3.8, 4) is 6.07 Å². The Balaban J connectivity index is 1.88. The van der Waals surface area contributed by atoms with Gasteiger partial charge in [-0.25, -0.2) is 4.39 Å². The highest BCUT2D eigenvalue weighted by Gasteiger charge is 2.20. The molecule has 2 rings (SSSR count). The lowest BCUT2D eigenvalue weighted by Gasteiger charge is -2.32. The number of likely N-dealkylation sites (tertiary alicyclic amines) is 1. The molecule has 20 heavy (non-hydrogen) atoms. The van der Waals surface area contributed by atoms with Gasteiger partial charge in [0.25, 0.3) is 0 Å². The molecule has 0 radical (unpaired) electrons. The molecule has 1 saturated heterocycles. The van der Waals surface area contributed by atoms with Gasteiger partial charge in [-0.05, 0) is 51.0 Å². The van der Waals surface area contributed by atoms with Gasteiger partial charge in [-0.1, -0.05) is 19.1 Å². The molecule has 1 aliphatic rings. The molecule has 1 aliphatic heterocycles. The predicted octanol–water partition coefficient (Wildman–Crippen LogP) is 2.52. The minimum atomic E-state index is -0.357. The zero-order valence-electron chi connectivity index (χ0n) is 12.0. The van der Waals surface area contributed by atoms with Crippen LogP contribution in [0.4, 0.5) is 4.39 Å². The van der Waals surface area contributed by atoms with Gasteiger partial charge in [0.15, 0.2) is 0 Å². The van der Waals surface area contributed by atoms with E-state index in [1.165, 1.54) is 6.07 Å². The van der Waals surface area contributed by atoms with Crippen LogP contribution in [-0.4, -0.2) is 31.1 Å². The van der Waals surface area contributed by atoms with Crippen LogP contribution in [0.3, 0.4) is 0 Å². The molecule has 1 fully saturated rings. The second kappa shape index (κ2) is 7.37. The van der Waals surface area contributed by atoms with Crippen molar-refractivity contribution >= 4 is 0 Å². The summed E-state index contributed by atoms with van der Waals surface area (Å²) in [4.78, 5) is 2.28. The Kier molecular flexibility index (Phi) is 5.51. The van der Waals surface area contributed by atoms with E-state index in [0.29, 0.717) is 12.1 Å². The van der Waals surface area contributed by atoms with Crippen molar-refractivity contribution in [3.63, 3.8) is 0 Å². The van der Waals surface area contributed by atoms with Gasteiger partial charge in [-0.2, -0.15) is 5.26 Å². The SMILES string of the molecule is CCNCC1CCN(Cc2cccc(C#N)c2F)CC1. The lowest BCUT2D eigenvalue weighted by atomic mass is 9.96. The van der Waals surface area contributed by atoms with Gasteiger partial charge in [0.2, 0.25) is 0 Å². The average Bonchev–Trinajstić information content (AvgIpc) is 2.48. The van der Waals surface area contributed by atoms with E-state index in [9.17, 15) is 4.39 Å². The van der Waals surface area contributed by atoms with Crippen molar-refractivity contribution in [2.24, 2.45) is 5.92 Å². The van der Waals surface area contributed by atoms with Crippen LogP contribution >= 0.6 is 0 Å². The maximum atomic E-state index is 14.0. The van der Waals surface area contributed by atoms with E-state index in [0.717, 1.165) is 44.9 Å². The van der Waals surface area contributed by atoms with Crippen LogP contribution in [0.1, 0.15) is 30.9 Å². The van der Waals surface area contributed by atoms with E-state index in [1.807, 2.05) is 6.07 Å². The summed E-state index contributed by atoms with van der Waals surface area (Å²) >= 11 is 0. The molecule has 0 aliphatic carbocycles. The van der Waals surface area contributed by atoms with Crippen LogP contribution in [0, 0.1) is 23.1 Å². The Bertz CT molecular complexity index is 473. The van der Waals surface area contributed by atoms with Crippen LogP contribution < -0.4 is 5.32 Å². The van der Waals surface area contributed by atoms with Crippen molar-refractivity contribution in [2.75, 3.05) is 26.2 Å². The third-order valence-corrected chi connectivity index (χ3v) is 3.98. The van der Waals surface area contributed by atoms with Gasteiger partial charge in [-0.15, -0.1) is 0 Å². The summed E-state index contributed by atoms with van der Waals surface area (Å²) in [6.07, 6.45) is 2.32. The molecule has 0 bridgehead atoms. The lowest BCUT2D eigenvalue weighted by molar-refractivity contribution is 0.174. The summed E-state index contributed by atoms with van der Waals surface area (Å²) in [5.74, 6) is 0.381. The lowest BCUT2D eigenvalue weighted by Crippen LogP contribution is -2.37. The Hall–Kier alpha value is -1.44. The number of nitriles is 1. The smallest absolute Gasteiger partial charge is 0.145 e. The van der Waals surface area contributed by atoms with E-state index >= 15 is 0 Å². The number of nitrogens with zero attached hydrogens (tertiary/aromatic N) is 2. The first-order chi connectivity index (χ1) is 9.74. The van der Waals surface area contributed by atoms with E-state index in [4.69, 9.17) is 5.26 Å². The maximum absolute atomic E-state index is 14.0. The van der Waals surface area contributed by atoms with Gasteiger partial charge in [0.05, 0.1) is 5.56 Å². The van der Waals surface area contributed by atoms with Gasteiger partial charge in [-0.3, -0.25) is 4.90 Å². The topological polar surface area (TPSA) is 39.1 Å². The fourth-order valence-corrected chi connectivity index (χ4v) is 2.73. The van der Waals surface area contributed by atoms with Crippen molar-refractivity contribution in [1.82, 2.24) is 10.2 Å². The number of halogens is 1. The van der Waals surface area contributed by atoms with Crippen LogP contribution in [0.25, 0.3) is 0 Å². The highest BCUT2D eigenvalue weighted by Crippen LogP contribution is 2.20. The van der Waals surface area contributed by atoms with Gasteiger partial charge >= 0.3 is 0 Å². The molecular formula is C16H22FN3. The fourth-order valence-electron chi connectivity index (χ4n) is 2.73. The minimum Gasteiger partial charge on any atom is -0.317 e. The molecule has 0 unspecified atom stereocenters. The van der Waals surface area contributed by atoms with Crippen LogP contribution in [0.15, 0.2) is 18.2 Å². The number of benzene rings is 1. The highest BCUT2D eigenvalue weighted by molar-refractivity contribution is 5.34. The second-order valence-corrected chi connectivity index (χ2v) is 5.42. The summed E-state index contributed by atoms with van der Waals surface area (Å²) in [6, 6.07) is 6.97. The van der Waals surface area contributed by atoms with E-state index in [1.54, 1.807) is 12.1 Å². The van der Waals surface area contributed by atoms with Gasteiger partial charge in [0, 0.05) is 12.1 Å². The number of hydrogen-bond acceptors (Lipinski definition) is 3. The minimum absolute atomic E-state index is 0.143. The van der Waals surface area contributed by atoms with Crippen molar-refractivity contribution in [2.45, 2.75) is 26.3 Å². The van der Waals surface area contributed by atoms with Crippen LogP contribution in [-0.2, 0) is 6.54 Å². The quantitative estimate of drug-likeness (QED) is 0.897. The molecular weight excluding hydrogens is 253 g/mol. The summed E-state index contributed by atoms with van der Waals surface area (Å²) < 4.78 is 14.0. The second-order valence-electron chi connectivity index (χ2n) is 5.42. The molecule has 1 aromatic rings. The summed E-state index contributed by atoms with van der Waals surface area (Å²) in [5, 5.41) is 12.2. The van der Waals surface area contributed by atoms with E-state index in [2.05, 4.69) is 17.1 Å². The number of piperidine rings is 1. The molecule has 1 N–H and O–H groups in total. The normalized spacial score (nSPS) is 17.1. The molecule has 0 spiro atoms. The Labute approximate surface area is 120 Å². The maximum Gasteiger partial charge on any atom is 0.145 e. The van der Waals surface area contributed by atoms with E-state index in [-0.39, 0.29) is 11.4 Å². The molecule has 4 heteroatoms. The van der Waals surface area contributed by atoms with Gasteiger partial charge in [0.1, 0.15) is 11.9 Å². The first-order valence-corrected chi connectivity index (χ1v) is 7.35. The Morgan fingerprint density at radius 1 is 1.40 bits per heavy atom. The Morgan fingerprint density at radius 3 is 2.80 bits per heavy atom. The molecule has 0 amide bonds. The molecule has 0 aromatic heterocycles. The monoisotopic (exact) mass is 275 g/mol. The largest absolute Gasteiger partial charge is 0.317 e. The summed E-state index contributed by atoms with van der Waals surface area (Å²) in [7, 11) is 0. The van der Waals surface area contributed by atoms with Crippen molar-refractivity contribution < 1.29 is 4.39 Å². The molecule has 3 nitrogen and oxygen atoms in total.